The molecule has 1 nitrogen and oxygen atoms in total. The van der Waals surface area contributed by atoms with Gasteiger partial charge in [-0.25, -0.2) is 4.98 Å². The maximum atomic E-state index is 6.65. The van der Waals surface area contributed by atoms with Crippen molar-refractivity contribution >= 4 is 56.9 Å². The maximum absolute atomic E-state index is 6.65. The van der Waals surface area contributed by atoms with Crippen molar-refractivity contribution in [3.8, 4) is 9.88 Å². The van der Waals surface area contributed by atoms with E-state index in [0.29, 0.717) is 0 Å². The smallest absolute Gasteiger partial charge is 0.135 e. The van der Waals surface area contributed by atoms with Crippen LogP contribution in [0, 0.1) is 2.88 Å². The summed E-state index contributed by atoms with van der Waals surface area (Å²) in [7, 11) is 0. The van der Waals surface area contributed by atoms with E-state index in [-0.39, 0.29) is 0 Å². The van der Waals surface area contributed by atoms with Gasteiger partial charge in [0, 0.05) is 0 Å². The molecule has 0 N–H and O–H groups in total. The van der Waals surface area contributed by atoms with E-state index >= 15 is 0 Å². The van der Waals surface area contributed by atoms with E-state index in [9.17, 15) is 0 Å². The number of nitrogens with zero attached hydrogens (tertiary/aromatic N) is 1. The highest BCUT2D eigenvalue weighted by atomic mass is 127. The largest absolute Gasteiger partial charge is 0.239 e. The molecule has 0 atom stereocenters. The van der Waals surface area contributed by atoms with E-state index in [1.54, 1.807) is 11.3 Å². The Morgan fingerprint density at radius 2 is 1.08 bits per heavy atom. The van der Waals surface area contributed by atoms with Crippen LogP contribution >= 0.6 is 56.9 Å². The number of thiophene rings is 1. The number of unbranched alkanes of at least 4 members (excludes halogenated alkanes) is 18. The Morgan fingerprint density at radius 1 is 0.639 bits per heavy atom. The van der Waals surface area contributed by atoms with E-state index in [0.717, 1.165) is 21.5 Å². The minimum absolute atomic E-state index is 0.911. The number of hydrogen-bond donors (Lipinski definition) is 0. The standard InChI is InChI=1S/C31H51ClINS2/c1-3-5-7-9-11-13-15-17-19-21-23-26-25-28(33)35-29(26)31-34-27(30(32)36-31)24-22-20-18-16-14-12-10-8-6-4-2/h25H,3-24H2,1-2H3. The molecule has 0 aliphatic heterocycles. The predicted molar refractivity (Wildman–Crippen MR) is 174 cm³/mol. The van der Waals surface area contributed by atoms with Crippen LogP contribution in [0.1, 0.15) is 154 Å². The molecule has 0 saturated carbocycles. The minimum atomic E-state index is 0.911. The van der Waals surface area contributed by atoms with Crippen LogP contribution in [-0.4, -0.2) is 4.98 Å². The molecule has 0 aliphatic rings. The highest BCUT2D eigenvalue weighted by Gasteiger charge is 2.16. The van der Waals surface area contributed by atoms with Gasteiger partial charge in [0.15, 0.2) is 0 Å². The Morgan fingerprint density at radius 3 is 1.58 bits per heavy atom. The number of thiazole rings is 1. The molecule has 0 amide bonds. The zero-order valence-corrected chi connectivity index (χ0v) is 27.7. The highest BCUT2D eigenvalue weighted by molar-refractivity contribution is 14.1. The van der Waals surface area contributed by atoms with Crippen molar-refractivity contribution in [3.63, 3.8) is 0 Å². The molecule has 0 bridgehead atoms. The Hall–Kier alpha value is 0.350. The van der Waals surface area contributed by atoms with Gasteiger partial charge >= 0.3 is 0 Å². The molecule has 2 rings (SSSR count). The van der Waals surface area contributed by atoms with Crippen molar-refractivity contribution in [2.24, 2.45) is 0 Å². The number of hydrogen-bond acceptors (Lipinski definition) is 3. The molecule has 0 fully saturated rings. The van der Waals surface area contributed by atoms with Crippen molar-refractivity contribution in [3.05, 3.63) is 24.5 Å². The van der Waals surface area contributed by atoms with Crippen LogP contribution in [0.25, 0.3) is 9.88 Å². The summed E-state index contributed by atoms with van der Waals surface area (Å²) in [5.41, 5.74) is 2.62. The van der Waals surface area contributed by atoms with Gasteiger partial charge in [0.2, 0.25) is 0 Å². The van der Waals surface area contributed by atoms with Gasteiger partial charge in [0.25, 0.3) is 0 Å². The van der Waals surface area contributed by atoms with Crippen LogP contribution in [0.3, 0.4) is 0 Å². The fourth-order valence-corrected chi connectivity index (χ4v) is 8.21. The molecule has 2 heterocycles. The predicted octanol–water partition coefficient (Wildman–Crippen LogP) is 13.1. The molecule has 0 spiro atoms. The molecule has 2 aromatic heterocycles. The van der Waals surface area contributed by atoms with E-state index in [2.05, 4.69) is 42.5 Å². The van der Waals surface area contributed by atoms with E-state index in [1.165, 1.54) is 148 Å². The van der Waals surface area contributed by atoms with Gasteiger partial charge in [-0.05, 0) is 59.9 Å². The van der Waals surface area contributed by atoms with Crippen LogP contribution in [-0.2, 0) is 12.8 Å². The number of halogens is 2. The average Bonchev–Trinajstić information content (AvgIpc) is 3.43. The first-order valence-corrected chi connectivity index (χ1v) is 18.2. The summed E-state index contributed by atoms with van der Waals surface area (Å²) in [6, 6.07) is 2.38. The molecular weight excluding hydrogens is 613 g/mol. The second-order valence-electron chi connectivity index (χ2n) is 10.5. The normalized spacial score (nSPS) is 11.6. The van der Waals surface area contributed by atoms with Crippen LogP contribution in [0.15, 0.2) is 6.07 Å². The van der Waals surface area contributed by atoms with E-state index in [4.69, 9.17) is 16.6 Å². The summed E-state index contributed by atoms with van der Waals surface area (Å²) in [6.07, 6.45) is 29.8. The Labute approximate surface area is 249 Å². The molecule has 206 valence electrons. The van der Waals surface area contributed by atoms with Gasteiger partial charge in [0.05, 0.1) is 13.5 Å². The molecule has 0 aromatic carbocycles. The molecule has 0 radical (unpaired) electrons. The summed E-state index contributed by atoms with van der Waals surface area (Å²) >= 11 is 12.7. The van der Waals surface area contributed by atoms with Gasteiger partial charge in [-0.3, -0.25) is 0 Å². The van der Waals surface area contributed by atoms with Crippen LogP contribution in [0.4, 0.5) is 0 Å². The summed E-state index contributed by atoms with van der Waals surface area (Å²) < 4.78 is 2.28. The number of aryl methyl sites for hydroxylation is 2. The first-order chi connectivity index (χ1) is 17.7. The number of aromatic nitrogens is 1. The minimum Gasteiger partial charge on any atom is -0.239 e. The molecule has 36 heavy (non-hydrogen) atoms. The lowest BCUT2D eigenvalue weighted by atomic mass is 10.0. The number of rotatable bonds is 23. The second-order valence-corrected chi connectivity index (χ2v) is 15.1. The van der Waals surface area contributed by atoms with Crippen molar-refractivity contribution in [2.45, 2.75) is 155 Å². The van der Waals surface area contributed by atoms with Gasteiger partial charge < -0.3 is 0 Å². The summed E-state index contributed by atoms with van der Waals surface area (Å²) in [5, 5.41) is 1.15. The van der Waals surface area contributed by atoms with Crippen LogP contribution < -0.4 is 0 Å². The van der Waals surface area contributed by atoms with Crippen LogP contribution in [0.2, 0.25) is 4.34 Å². The quantitative estimate of drug-likeness (QED) is 0.0851. The summed E-state index contributed by atoms with van der Waals surface area (Å²) in [5.74, 6) is 0. The van der Waals surface area contributed by atoms with Gasteiger partial charge in [-0.1, -0.05) is 141 Å². The monoisotopic (exact) mass is 663 g/mol. The molecule has 2 aromatic rings. The van der Waals surface area contributed by atoms with Crippen LogP contribution in [0.5, 0.6) is 0 Å². The van der Waals surface area contributed by atoms with Gasteiger partial charge in [-0.15, -0.1) is 22.7 Å². The first-order valence-electron chi connectivity index (χ1n) is 15.1. The maximum Gasteiger partial charge on any atom is 0.135 e. The Kier molecular flexibility index (Phi) is 19.2. The zero-order chi connectivity index (χ0) is 25.8. The second kappa shape index (κ2) is 21.2. The summed E-state index contributed by atoms with van der Waals surface area (Å²) in [4.78, 5) is 6.39. The molecule has 0 unspecified atom stereocenters. The van der Waals surface area contributed by atoms with Crippen molar-refractivity contribution in [2.75, 3.05) is 0 Å². The van der Waals surface area contributed by atoms with Crippen molar-refractivity contribution in [1.82, 2.24) is 4.98 Å². The molecule has 5 heteroatoms. The van der Waals surface area contributed by atoms with E-state index in [1.807, 2.05) is 11.3 Å². The fourth-order valence-electron chi connectivity index (χ4n) is 4.93. The fraction of sp³-hybridized carbons (Fsp3) is 0.774. The molecular formula is C31H51ClINS2. The summed E-state index contributed by atoms with van der Waals surface area (Å²) in [6.45, 7) is 4.58. The first kappa shape index (κ1) is 32.6. The van der Waals surface area contributed by atoms with Gasteiger partial charge in [0.1, 0.15) is 9.34 Å². The Balaban J connectivity index is 1.66. The lowest BCUT2D eigenvalue weighted by Crippen LogP contribution is -1.89. The van der Waals surface area contributed by atoms with Crippen molar-refractivity contribution < 1.29 is 0 Å². The van der Waals surface area contributed by atoms with Crippen molar-refractivity contribution in [1.29, 1.82) is 0 Å². The SMILES string of the molecule is CCCCCCCCCCCCc1cc(I)sc1-c1nc(CCCCCCCCCCCC)c(Cl)s1. The topological polar surface area (TPSA) is 12.9 Å². The lowest BCUT2D eigenvalue weighted by molar-refractivity contribution is 0.555. The third-order valence-corrected chi connectivity index (χ3v) is 10.6. The van der Waals surface area contributed by atoms with E-state index < -0.39 is 0 Å². The third-order valence-electron chi connectivity index (χ3n) is 7.19. The highest BCUT2D eigenvalue weighted by Crippen LogP contribution is 2.40. The third kappa shape index (κ3) is 13.9. The zero-order valence-electron chi connectivity index (χ0n) is 23.2. The lowest BCUT2D eigenvalue weighted by Gasteiger charge is -2.03. The van der Waals surface area contributed by atoms with Gasteiger partial charge in [-0.2, -0.15) is 0 Å². The molecule has 0 saturated heterocycles. The molecule has 0 aliphatic carbocycles. The average molecular weight is 664 g/mol. The Bertz CT molecular complexity index is 801.